The summed E-state index contributed by atoms with van der Waals surface area (Å²) in [6.07, 6.45) is 11.2. The first-order chi connectivity index (χ1) is 8.81. The zero-order valence-corrected chi connectivity index (χ0v) is 12.0. The molecule has 0 spiro atoms. The quantitative estimate of drug-likeness (QED) is 0.747. The highest BCUT2D eigenvalue weighted by Gasteiger charge is 2.44. The number of nitrogens with zero attached hydrogens (tertiary/aromatic N) is 3. The van der Waals surface area contributed by atoms with E-state index in [2.05, 4.69) is 21.8 Å². The average Bonchev–Trinajstić information content (AvgIpc) is 2.84. The molecule has 0 radical (unpaired) electrons. The van der Waals surface area contributed by atoms with Gasteiger partial charge in [-0.15, -0.1) is 0 Å². The summed E-state index contributed by atoms with van der Waals surface area (Å²) in [5.41, 5.74) is 0.331. The van der Waals surface area contributed by atoms with Crippen LogP contribution in [-0.2, 0) is 0 Å². The van der Waals surface area contributed by atoms with Crippen molar-refractivity contribution < 1.29 is 0 Å². The van der Waals surface area contributed by atoms with Gasteiger partial charge in [-0.2, -0.15) is 0 Å². The van der Waals surface area contributed by atoms with Gasteiger partial charge in [0.2, 0.25) is 0 Å². The Bertz CT molecular complexity index is 269. The third kappa shape index (κ3) is 2.33. The Morgan fingerprint density at radius 1 is 0.667 bits per heavy atom. The molecule has 3 aliphatic heterocycles. The zero-order chi connectivity index (χ0) is 12.4. The lowest BCUT2D eigenvalue weighted by molar-refractivity contribution is -0.155. The van der Waals surface area contributed by atoms with E-state index in [0.29, 0.717) is 5.66 Å². The van der Waals surface area contributed by atoms with Gasteiger partial charge in [0.05, 0.1) is 5.66 Å². The molecule has 0 aromatic carbocycles. The van der Waals surface area contributed by atoms with Crippen LogP contribution in [-0.4, -0.2) is 53.3 Å². The molecule has 0 bridgehead atoms. The second-order valence-electron chi connectivity index (χ2n) is 6.51. The molecule has 3 heterocycles. The first-order valence-electron chi connectivity index (χ1n) is 8.08. The minimum absolute atomic E-state index is 0.331. The van der Waals surface area contributed by atoms with Crippen LogP contribution >= 0.6 is 0 Å². The van der Waals surface area contributed by atoms with E-state index in [1.807, 2.05) is 0 Å². The molecular formula is C15H29N3. The van der Waals surface area contributed by atoms with Crippen LogP contribution in [0.2, 0.25) is 0 Å². The van der Waals surface area contributed by atoms with Gasteiger partial charge in [0.15, 0.2) is 0 Å². The van der Waals surface area contributed by atoms with Crippen molar-refractivity contribution in [2.24, 2.45) is 0 Å². The maximum Gasteiger partial charge on any atom is 0.0844 e. The van der Waals surface area contributed by atoms with Crippen LogP contribution in [0.5, 0.6) is 0 Å². The fourth-order valence-corrected chi connectivity index (χ4v) is 4.20. The summed E-state index contributed by atoms with van der Waals surface area (Å²) in [5.74, 6) is 0. The van der Waals surface area contributed by atoms with Crippen LogP contribution in [0.15, 0.2) is 0 Å². The molecule has 0 saturated carbocycles. The van der Waals surface area contributed by atoms with Gasteiger partial charge >= 0.3 is 0 Å². The van der Waals surface area contributed by atoms with Crippen molar-refractivity contribution in [1.29, 1.82) is 0 Å². The van der Waals surface area contributed by atoms with Crippen molar-refractivity contribution in [3.63, 3.8) is 0 Å². The number of piperidine rings is 2. The predicted molar refractivity (Wildman–Crippen MR) is 75.2 cm³/mol. The maximum absolute atomic E-state index is 2.78. The lowest BCUT2D eigenvalue weighted by Crippen LogP contribution is -2.62. The Hall–Kier alpha value is -0.120. The third-order valence-electron chi connectivity index (χ3n) is 5.29. The molecule has 1 unspecified atom stereocenters. The van der Waals surface area contributed by atoms with Gasteiger partial charge in [-0.05, 0) is 58.5 Å². The topological polar surface area (TPSA) is 9.72 Å². The Balaban J connectivity index is 1.71. The highest BCUT2D eigenvalue weighted by Crippen LogP contribution is 2.36. The Kier molecular flexibility index (Phi) is 3.92. The Morgan fingerprint density at radius 2 is 1.28 bits per heavy atom. The SMILES string of the molecule is CC1(N2CCCCC2)CCCN1N1CCCCC1. The van der Waals surface area contributed by atoms with Gasteiger partial charge in [0.25, 0.3) is 0 Å². The van der Waals surface area contributed by atoms with E-state index in [1.54, 1.807) is 0 Å². The van der Waals surface area contributed by atoms with Gasteiger partial charge in [-0.25, -0.2) is 10.0 Å². The van der Waals surface area contributed by atoms with Crippen LogP contribution in [0.3, 0.4) is 0 Å². The summed E-state index contributed by atoms with van der Waals surface area (Å²) in [6.45, 7) is 9.02. The molecular weight excluding hydrogens is 222 g/mol. The minimum atomic E-state index is 0.331. The molecule has 0 N–H and O–H groups in total. The van der Waals surface area contributed by atoms with Gasteiger partial charge in [-0.3, -0.25) is 4.90 Å². The molecule has 3 nitrogen and oxygen atoms in total. The third-order valence-corrected chi connectivity index (χ3v) is 5.29. The number of likely N-dealkylation sites (tertiary alicyclic amines) is 1. The van der Waals surface area contributed by atoms with Gasteiger partial charge < -0.3 is 0 Å². The summed E-state index contributed by atoms with van der Waals surface area (Å²) in [4.78, 5) is 2.78. The average molecular weight is 251 g/mol. The lowest BCUT2D eigenvalue weighted by Gasteiger charge is -2.51. The molecule has 3 aliphatic rings. The molecule has 3 rings (SSSR count). The van der Waals surface area contributed by atoms with E-state index >= 15 is 0 Å². The number of hydrogen-bond acceptors (Lipinski definition) is 3. The Labute approximate surface area is 112 Å². The second kappa shape index (κ2) is 5.48. The Morgan fingerprint density at radius 3 is 1.94 bits per heavy atom. The van der Waals surface area contributed by atoms with Gasteiger partial charge in [0, 0.05) is 19.6 Å². The predicted octanol–water partition coefficient (Wildman–Crippen LogP) is 2.69. The molecule has 0 aromatic heterocycles. The van der Waals surface area contributed by atoms with Crippen molar-refractivity contribution in [1.82, 2.24) is 14.9 Å². The number of rotatable bonds is 2. The van der Waals surface area contributed by atoms with Crippen LogP contribution < -0.4 is 0 Å². The van der Waals surface area contributed by atoms with Gasteiger partial charge in [0.1, 0.15) is 0 Å². The van der Waals surface area contributed by atoms with Crippen LogP contribution in [0.4, 0.5) is 0 Å². The smallest absolute Gasteiger partial charge is 0.0844 e. The summed E-state index contributed by atoms with van der Waals surface area (Å²) in [6, 6.07) is 0. The zero-order valence-electron chi connectivity index (χ0n) is 12.0. The molecule has 0 aromatic rings. The van der Waals surface area contributed by atoms with E-state index in [1.165, 1.54) is 84.1 Å². The first-order valence-corrected chi connectivity index (χ1v) is 8.08. The number of hydrazine groups is 1. The molecule has 1 atom stereocenters. The molecule has 3 saturated heterocycles. The van der Waals surface area contributed by atoms with Crippen LogP contribution in [0.25, 0.3) is 0 Å². The van der Waals surface area contributed by atoms with E-state index in [0.717, 1.165) is 0 Å². The first kappa shape index (κ1) is 12.9. The summed E-state index contributed by atoms with van der Waals surface area (Å²) in [7, 11) is 0. The molecule has 104 valence electrons. The second-order valence-corrected chi connectivity index (χ2v) is 6.51. The fourth-order valence-electron chi connectivity index (χ4n) is 4.20. The number of hydrogen-bond donors (Lipinski definition) is 0. The van der Waals surface area contributed by atoms with Crippen molar-refractivity contribution in [3.05, 3.63) is 0 Å². The van der Waals surface area contributed by atoms with Crippen molar-refractivity contribution >= 4 is 0 Å². The van der Waals surface area contributed by atoms with Crippen LogP contribution in [0.1, 0.15) is 58.3 Å². The minimum Gasteiger partial charge on any atom is -0.285 e. The van der Waals surface area contributed by atoms with E-state index < -0.39 is 0 Å². The summed E-state index contributed by atoms with van der Waals surface area (Å²) >= 11 is 0. The molecule has 3 heteroatoms. The largest absolute Gasteiger partial charge is 0.285 e. The fraction of sp³-hybridized carbons (Fsp3) is 1.00. The summed E-state index contributed by atoms with van der Waals surface area (Å²) < 4.78 is 0. The molecule has 3 fully saturated rings. The highest BCUT2D eigenvalue weighted by molar-refractivity contribution is 4.92. The van der Waals surface area contributed by atoms with Gasteiger partial charge in [-0.1, -0.05) is 12.8 Å². The summed E-state index contributed by atoms with van der Waals surface area (Å²) in [5, 5.41) is 5.41. The van der Waals surface area contributed by atoms with Crippen LogP contribution in [0, 0.1) is 0 Å². The molecule has 18 heavy (non-hydrogen) atoms. The van der Waals surface area contributed by atoms with E-state index in [9.17, 15) is 0 Å². The lowest BCUT2D eigenvalue weighted by atomic mass is 10.0. The maximum atomic E-state index is 2.78. The standard InChI is InChI=1S/C15H29N3/c1-15(16-10-4-2-5-11-16)9-8-14-18(15)17-12-6-3-7-13-17/h2-14H2,1H3. The highest BCUT2D eigenvalue weighted by atomic mass is 15.7. The normalized spacial score (nSPS) is 37.2. The van der Waals surface area contributed by atoms with Crippen molar-refractivity contribution in [2.45, 2.75) is 64.0 Å². The molecule has 0 aliphatic carbocycles. The van der Waals surface area contributed by atoms with Crippen molar-refractivity contribution in [3.8, 4) is 0 Å². The van der Waals surface area contributed by atoms with E-state index in [-0.39, 0.29) is 0 Å². The van der Waals surface area contributed by atoms with Crippen molar-refractivity contribution in [2.75, 3.05) is 32.7 Å². The van der Waals surface area contributed by atoms with E-state index in [4.69, 9.17) is 0 Å². The molecule has 0 amide bonds. The monoisotopic (exact) mass is 251 g/mol.